The molecule has 0 spiro atoms. The third-order valence-corrected chi connectivity index (χ3v) is 1.22. The van der Waals surface area contributed by atoms with E-state index in [4.69, 9.17) is 10.00 Å². The van der Waals surface area contributed by atoms with Crippen LogP contribution in [0, 0.1) is 17.2 Å². The van der Waals surface area contributed by atoms with E-state index in [1.807, 2.05) is 6.07 Å². The molecule has 0 aromatic carbocycles. The number of rotatable bonds is 3. The Morgan fingerprint density at radius 3 is 2.88 bits per heavy atom. The molecular weight excluding hydrogens is 102 g/mol. The first kappa shape index (κ1) is 5.58. The minimum Gasteiger partial charge on any atom is -0.366 e. The van der Waals surface area contributed by atoms with Crippen molar-refractivity contribution in [1.29, 1.82) is 5.26 Å². The van der Waals surface area contributed by atoms with Gasteiger partial charge in [0, 0.05) is 0 Å². The summed E-state index contributed by atoms with van der Waals surface area (Å²) in [6, 6.07) is 1.93. The summed E-state index contributed by atoms with van der Waals surface area (Å²) in [5.74, 6) is 0.781. The quantitative estimate of drug-likeness (QED) is 0.508. The van der Waals surface area contributed by atoms with Crippen molar-refractivity contribution in [2.24, 2.45) is 5.92 Å². The molecule has 0 aromatic heterocycles. The third kappa shape index (κ3) is 1.94. The summed E-state index contributed by atoms with van der Waals surface area (Å²) < 4.78 is 4.95. The second-order valence-corrected chi connectivity index (χ2v) is 2.12. The maximum absolute atomic E-state index is 8.02. The molecule has 0 N–H and O–H groups in total. The SMILES string of the molecule is N#CCOCC1CC1. The number of hydrogen-bond acceptors (Lipinski definition) is 2. The van der Waals surface area contributed by atoms with Crippen LogP contribution in [-0.4, -0.2) is 13.2 Å². The van der Waals surface area contributed by atoms with Crippen LogP contribution < -0.4 is 0 Å². The van der Waals surface area contributed by atoms with Crippen LogP contribution in [0.3, 0.4) is 0 Å². The van der Waals surface area contributed by atoms with E-state index in [1.54, 1.807) is 0 Å². The Kier molecular flexibility index (Phi) is 1.87. The zero-order valence-corrected chi connectivity index (χ0v) is 4.76. The van der Waals surface area contributed by atoms with E-state index in [2.05, 4.69) is 0 Å². The summed E-state index contributed by atoms with van der Waals surface area (Å²) in [7, 11) is 0. The Morgan fingerprint density at radius 1 is 1.62 bits per heavy atom. The molecule has 0 atom stereocenters. The van der Waals surface area contributed by atoms with E-state index in [9.17, 15) is 0 Å². The van der Waals surface area contributed by atoms with Gasteiger partial charge in [-0.25, -0.2) is 0 Å². The summed E-state index contributed by atoms with van der Waals surface area (Å²) in [5.41, 5.74) is 0. The Morgan fingerprint density at radius 2 is 2.38 bits per heavy atom. The second-order valence-electron chi connectivity index (χ2n) is 2.12. The molecule has 0 saturated heterocycles. The molecule has 1 fully saturated rings. The van der Waals surface area contributed by atoms with Gasteiger partial charge in [0.25, 0.3) is 0 Å². The van der Waals surface area contributed by atoms with Crippen LogP contribution in [0.5, 0.6) is 0 Å². The molecule has 2 nitrogen and oxygen atoms in total. The Balaban J connectivity index is 1.83. The molecule has 0 radical (unpaired) electrons. The Labute approximate surface area is 49.1 Å². The minimum absolute atomic E-state index is 0.260. The van der Waals surface area contributed by atoms with Gasteiger partial charge in [-0.2, -0.15) is 5.26 Å². The van der Waals surface area contributed by atoms with Gasteiger partial charge >= 0.3 is 0 Å². The van der Waals surface area contributed by atoms with Crippen molar-refractivity contribution in [2.75, 3.05) is 13.2 Å². The van der Waals surface area contributed by atoms with Crippen molar-refractivity contribution in [3.05, 3.63) is 0 Å². The van der Waals surface area contributed by atoms with Crippen LogP contribution in [0.2, 0.25) is 0 Å². The standard InChI is InChI=1S/C6H9NO/c7-3-4-8-5-6-1-2-6/h6H,1-2,4-5H2. The predicted octanol–water partition coefficient (Wildman–Crippen LogP) is 0.937. The zero-order chi connectivity index (χ0) is 5.82. The number of hydrogen-bond donors (Lipinski definition) is 0. The smallest absolute Gasteiger partial charge is 0.133 e. The average molecular weight is 111 g/mol. The first-order chi connectivity index (χ1) is 3.93. The van der Waals surface area contributed by atoms with E-state index in [0.717, 1.165) is 12.5 Å². The van der Waals surface area contributed by atoms with Gasteiger partial charge in [0.15, 0.2) is 0 Å². The lowest BCUT2D eigenvalue weighted by atomic mass is 10.5. The molecule has 44 valence electrons. The fourth-order valence-corrected chi connectivity index (χ4v) is 0.556. The van der Waals surface area contributed by atoms with Crippen molar-refractivity contribution in [3.8, 4) is 6.07 Å². The molecule has 0 unspecified atom stereocenters. The summed E-state index contributed by atoms with van der Waals surface area (Å²) in [5, 5.41) is 8.02. The lowest BCUT2D eigenvalue weighted by Gasteiger charge is -1.92. The molecule has 0 heterocycles. The monoisotopic (exact) mass is 111 g/mol. The maximum atomic E-state index is 8.02. The van der Waals surface area contributed by atoms with Crippen molar-refractivity contribution in [2.45, 2.75) is 12.8 Å². The minimum atomic E-state index is 0.260. The van der Waals surface area contributed by atoms with E-state index in [1.165, 1.54) is 12.8 Å². The molecular formula is C6H9NO. The first-order valence-electron chi connectivity index (χ1n) is 2.88. The normalized spacial score (nSPS) is 17.9. The summed E-state index contributed by atoms with van der Waals surface area (Å²) in [6.07, 6.45) is 2.59. The number of ether oxygens (including phenoxy) is 1. The molecule has 8 heavy (non-hydrogen) atoms. The van der Waals surface area contributed by atoms with Gasteiger partial charge in [0.2, 0.25) is 0 Å². The molecule has 1 rings (SSSR count). The van der Waals surface area contributed by atoms with Crippen LogP contribution >= 0.6 is 0 Å². The highest BCUT2D eigenvalue weighted by Gasteiger charge is 2.20. The number of nitrogens with zero attached hydrogens (tertiary/aromatic N) is 1. The van der Waals surface area contributed by atoms with Gasteiger partial charge in [-0.3, -0.25) is 0 Å². The van der Waals surface area contributed by atoms with Crippen molar-refractivity contribution >= 4 is 0 Å². The lowest BCUT2D eigenvalue weighted by molar-refractivity contribution is 0.155. The highest BCUT2D eigenvalue weighted by molar-refractivity contribution is 4.74. The van der Waals surface area contributed by atoms with Crippen molar-refractivity contribution in [1.82, 2.24) is 0 Å². The average Bonchev–Trinajstić information content (AvgIpc) is 2.51. The molecule has 0 aliphatic heterocycles. The van der Waals surface area contributed by atoms with Crippen LogP contribution in [0.25, 0.3) is 0 Å². The highest BCUT2D eigenvalue weighted by atomic mass is 16.5. The van der Waals surface area contributed by atoms with E-state index in [0.29, 0.717) is 0 Å². The summed E-state index contributed by atoms with van der Waals surface area (Å²) in [4.78, 5) is 0. The van der Waals surface area contributed by atoms with Crippen molar-refractivity contribution < 1.29 is 4.74 Å². The zero-order valence-electron chi connectivity index (χ0n) is 4.76. The molecule has 2 heteroatoms. The van der Waals surface area contributed by atoms with Crippen LogP contribution in [0.15, 0.2) is 0 Å². The van der Waals surface area contributed by atoms with Crippen LogP contribution in [-0.2, 0) is 4.74 Å². The summed E-state index contributed by atoms with van der Waals surface area (Å²) >= 11 is 0. The highest BCUT2D eigenvalue weighted by Crippen LogP contribution is 2.28. The molecule has 1 aliphatic rings. The van der Waals surface area contributed by atoms with Gasteiger partial charge in [-0.15, -0.1) is 0 Å². The van der Waals surface area contributed by atoms with Gasteiger partial charge < -0.3 is 4.74 Å². The van der Waals surface area contributed by atoms with Crippen LogP contribution in [0.1, 0.15) is 12.8 Å². The molecule has 1 aliphatic carbocycles. The fraction of sp³-hybridized carbons (Fsp3) is 0.833. The molecule has 0 amide bonds. The van der Waals surface area contributed by atoms with Gasteiger partial charge in [-0.1, -0.05) is 0 Å². The van der Waals surface area contributed by atoms with Gasteiger partial charge in [0.05, 0.1) is 12.7 Å². The van der Waals surface area contributed by atoms with E-state index in [-0.39, 0.29) is 6.61 Å². The topological polar surface area (TPSA) is 33.0 Å². The maximum Gasteiger partial charge on any atom is 0.133 e. The Bertz CT molecular complexity index is 102. The third-order valence-electron chi connectivity index (χ3n) is 1.22. The van der Waals surface area contributed by atoms with E-state index < -0.39 is 0 Å². The van der Waals surface area contributed by atoms with Gasteiger partial charge in [0.1, 0.15) is 6.61 Å². The molecule has 1 saturated carbocycles. The molecule has 0 aromatic rings. The van der Waals surface area contributed by atoms with Gasteiger partial charge in [-0.05, 0) is 18.8 Å². The van der Waals surface area contributed by atoms with E-state index >= 15 is 0 Å². The molecule has 0 bridgehead atoms. The Hall–Kier alpha value is -0.550. The predicted molar refractivity (Wildman–Crippen MR) is 29.2 cm³/mol. The summed E-state index contributed by atoms with van der Waals surface area (Å²) in [6.45, 7) is 1.06. The fourth-order valence-electron chi connectivity index (χ4n) is 0.556. The van der Waals surface area contributed by atoms with Crippen molar-refractivity contribution in [3.63, 3.8) is 0 Å². The number of nitriles is 1. The largest absolute Gasteiger partial charge is 0.366 e. The van der Waals surface area contributed by atoms with Crippen LogP contribution in [0.4, 0.5) is 0 Å². The second kappa shape index (κ2) is 2.68. The first-order valence-corrected chi connectivity index (χ1v) is 2.88. The lowest BCUT2D eigenvalue weighted by Crippen LogP contribution is -1.94.